The molecule has 4 rings (SSSR count). The lowest BCUT2D eigenvalue weighted by molar-refractivity contribution is 0.0933. The van der Waals surface area contributed by atoms with Crippen LogP contribution in [0.2, 0.25) is 0 Å². The van der Waals surface area contributed by atoms with Crippen LogP contribution < -0.4 is 10.6 Å². The number of hydrogen-bond donors (Lipinski definition) is 2. The Bertz CT molecular complexity index is 1010. The monoisotopic (exact) mass is 366 g/mol. The number of carbonyl (C=O) groups excluding carboxylic acids is 2. The molecule has 6 nitrogen and oxygen atoms in total. The van der Waals surface area contributed by atoms with Crippen LogP contribution in [0.1, 0.15) is 46.5 Å². The van der Waals surface area contributed by atoms with Gasteiger partial charge in [0.2, 0.25) is 0 Å². The summed E-state index contributed by atoms with van der Waals surface area (Å²) in [5.41, 5.74) is 0.664. The van der Waals surface area contributed by atoms with E-state index in [4.69, 9.17) is 0 Å². The van der Waals surface area contributed by atoms with Crippen LogP contribution in [0.25, 0.3) is 5.65 Å². The molecule has 7 heteroatoms. The Morgan fingerprint density at radius 3 is 2.56 bits per heavy atom. The highest BCUT2D eigenvalue weighted by atomic mass is 19.1. The highest BCUT2D eigenvalue weighted by Crippen LogP contribution is 2.22. The molecule has 0 aliphatic heterocycles. The Morgan fingerprint density at radius 1 is 1.04 bits per heavy atom. The van der Waals surface area contributed by atoms with Crippen LogP contribution in [-0.4, -0.2) is 27.2 Å². The Hall–Kier alpha value is -3.22. The highest BCUT2D eigenvalue weighted by molar-refractivity contribution is 6.08. The summed E-state index contributed by atoms with van der Waals surface area (Å²) in [5.74, 6) is -1.46. The fourth-order valence-corrected chi connectivity index (χ4v) is 3.44. The van der Waals surface area contributed by atoms with Crippen LogP contribution in [0.4, 0.5) is 10.2 Å². The zero-order valence-corrected chi connectivity index (χ0v) is 14.6. The van der Waals surface area contributed by atoms with Gasteiger partial charge in [0.1, 0.15) is 11.5 Å². The van der Waals surface area contributed by atoms with Gasteiger partial charge in [-0.05, 0) is 37.1 Å². The van der Waals surface area contributed by atoms with Gasteiger partial charge in [-0.15, -0.1) is 0 Å². The summed E-state index contributed by atoms with van der Waals surface area (Å²) in [5, 5.41) is 5.60. The van der Waals surface area contributed by atoms with E-state index in [1.54, 1.807) is 34.9 Å². The molecule has 138 valence electrons. The van der Waals surface area contributed by atoms with Crippen molar-refractivity contribution in [1.29, 1.82) is 0 Å². The fraction of sp³-hybridized carbons (Fsp3) is 0.250. The lowest BCUT2D eigenvalue weighted by Gasteiger charge is -2.13. The van der Waals surface area contributed by atoms with Crippen molar-refractivity contribution in [1.82, 2.24) is 14.7 Å². The zero-order chi connectivity index (χ0) is 18.8. The third kappa shape index (κ3) is 3.40. The van der Waals surface area contributed by atoms with E-state index in [1.807, 2.05) is 0 Å². The minimum Gasteiger partial charge on any atom is -0.348 e. The number of pyridine rings is 1. The predicted octanol–water partition coefficient (Wildman–Crippen LogP) is 3.40. The first-order chi connectivity index (χ1) is 13.1. The number of benzene rings is 1. The number of carbonyl (C=O) groups is 2. The molecule has 2 heterocycles. The van der Waals surface area contributed by atoms with E-state index in [2.05, 4.69) is 15.6 Å². The summed E-state index contributed by atoms with van der Waals surface area (Å²) in [4.78, 5) is 29.7. The van der Waals surface area contributed by atoms with Gasteiger partial charge in [-0.2, -0.15) is 0 Å². The molecule has 3 aromatic rings. The Labute approximate surface area is 155 Å². The molecule has 0 radical (unpaired) electrons. The van der Waals surface area contributed by atoms with Gasteiger partial charge in [-0.25, -0.2) is 9.37 Å². The second-order valence-electron chi connectivity index (χ2n) is 6.63. The van der Waals surface area contributed by atoms with E-state index >= 15 is 0 Å². The number of hydrogen-bond acceptors (Lipinski definition) is 3. The molecule has 0 saturated heterocycles. The van der Waals surface area contributed by atoms with E-state index in [-0.39, 0.29) is 29.0 Å². The number of imidazole rings is 1. The van der Waals surface area contributed by atoms with Gasteiger partial charge < -0.3 is 10.6 Å². The summed E-state index contributed by atoms with van der Waals surface area (Å²) < 4.78 is 15.5. The van der Waals surface area contributed by atoms with Crippen LogP contribution in [0.3, 0.4) is 0 Å². The van der Waals surface area contributed by atoms with Crippen molar-refractivity contribution in [2.45, 2.75) is 31.7 Å². The molecular formula is C20H19FN4O2. The Kier molecular flexibility index (Phi) is 4.58. The molecule has 0 atom stereocenters. The number of nitrogens with one attached hydrogen (secondary N) is 2. The maximum absolute atomic E-state index is 13.9. The van der Waals surface area contributed by atoms with Crippen molar-refractivity contribution >= 4 is 23.3 Å². The third-order valence-corrected chi connectivity index (χ3v) is 4.79. The summed E-state index contributed by atoms with van der Waals surface area (Å²) in [6, 6.07) is 11.1. The normalized spacial score (nSPS) is 14.4. The third-order valence-electron chi connectivity index (χ3n) is 4.79. The number of rotatable bonds is 4. The van der Waals surface area contributed by atoms with Crippen LogP contribution in [0.5, 0.6) is 0 Å². The summed E-state index contributed by atoms with van der Waals surface area (Å²) in [6.07, 6.45) is 5.79. The molecule has 1 saturated carbocycles. The molecule has 0 bridgehead atoms. The molecule has 1 aliphatic carbocycles. The van der Waals surface area contributed by atoms with E-state index < -0.39 is 11.7 Å². The van der Waals surface area contributed by atoms with Crippen LogP contribution in [0.15, 0.2) is 48.7 Å². The average Bonchev–Trinajstić information content (AvgIpc) is 3.29. The van der Waals surface area contributed by atoms with Crippen LogP contribution >= 0.6 is 0 Å². The fourth-order valence-electron chi connectivity index (χ4n) is 3.44. The van der Waals surface area contributed by atoms with E-state index in [0.29, 0.717) is 5.65 Å². The number of fused-ring (bicyclic) bond motifs is 1. The molecule has 2 N–H and O–H groups in total. The number of amides is 2. The van der Waals surface area contributed by atoms with Crippen molar-refractivity contribution in [3.8, 4) is 0 Å². The molecule has 1 aromatic carbocycles. The van der Waals surface area contributed by atoms with Gasteiger partial charge in [0.25, 0.3) is 11.8 Å². The molecular weight excluding hydrogens is 347 g/mol. The lowest BCUT2D eigenvalue weighted by atomic mass is 10.2. The quantitative estimate of drug-likeness (QED) is 0.743. The van der Waals surface area contributed by atoms with Crippen molar-refractivity contribution in [3.63, 3.8) is 0 Å². The first kappa shape index (κ1) is 17.2. The van der Waals surface area contributed by atoms with Crippen LogP contribution in [-0.2, 0) is 0 Å². The maximum atomic E-state index is 13.9. The van der Waals surface area contributed by atoms with Gasteiger partial charge in [-0.1, -0.05) is 31.0 Å². The molecule has 2 amide bonds. The summed E-state index contributed by atoms with van der Waals surface area (Å²) >= 11 is 0. The molecule has 0 spiro atoms. The van der Waals surface area contributed by atoms with Crippen molar-refractivity contribution in [2.75, 3.05) is 5.32 Å². The van der Waals surface area contributed by atoms with E-state index in [9.17, 15) is 14.0 Å². The van der Waals surface area contributed by atoms with Gasteiger partial charge in [0.05, 0.1) is 5.56 Å². The Morgan fingerprint density at radius 2 is 1.78 bits per heavy atom. The zero-order valence-electron chi connectivity index (χ0n) is 14.6. The predicted molar refractivity (Wildman–Crippen MR) is 99.3 cm³/mol. The van der Waals surface area contributed by atoms with Gasteiger partial charge >= 0.3 is 0 Å². The standard InChI is InChI=1S/C20H19FN4O2/c21-15-10-4-3-9-14(15)19(26)24-18-17(20(27)22-13-7-1-2-8-13)25-12-6-5-11-16(25)23-18/h3-6,9-13H,1-2,7-8H2,(H,22,27)(H,24,26). The van der Waals surface area contributed by atoms with Crippen molar-refractivity contribution < 1.29 is 14.0 Å². The summed E-state index contributed by atoms with van der Waals surface area (Å²) in [7, 11) is 0. The molecule has 1 aliphatic rings. The van der Waals surface area contributed by atoms with Gasteiger partial charge in [0, 0.05) is 12.2 Å². The number of nitrogens with zero attached hydrogens (tertiary/aromatic N) is 2. The smallest absolute Gasteiger partial charge is 0.272 e. The topological polar surface area (TPSA) is 75.5 Å². The molecule has 27 heavy (non-hydrogen) atoms. The minimum absolute atomic E-state index is 0.100. The number of anilines is 1. The van der Waals surface area contributed by atoms with Gasteiger partial charge in [-0.3, -0.25) is 14.0 Å². The van der Waals surface area contributed by atoms with E-state index in [0.717, 1.165) is 25.7 Å². The SMILES string of the molecule is O=C(Nc1nc2ccccn2c1C(=O)NC1CCCC1)c1ccccc1F. The first-order valence-electron chi connectivity index (χ1n) is 8.97. The van der Waals surface area contributed by atoms with Crippen molar-refractivity contribution in [2.24, 2.45) is 0 Å². The second kappa shape index (κ2) is 7.19. The second-order valence-corrected chi connectivity index (χ2v) is 6.63. The Balaban J connectivity index is 1.68. The minimum atomic E-state index is -0.647. The number of halogens is 1. The molecule has 0 unspecified atom stereocenters. The van der Waals surface area contributed by atoms with Gasteiger partial charge in [0.15, 0.2) is 11.5 Å². The maximum Gasteiger partial charge on any atom is 0.272 e. The van der Waals surface area contributed by atoms with Crippen LogP contribution in [0, 0.1) is 5.82 Å². The average molecular weight is 366 g/mol. The number of aromatic nitrogens is 2. The molecule has 2 aromatic heterocycles. The summed E-state index contributed by atoms with van der Waals surface area (Å²) in [6.45, 7) is 0. The van der Waals surface area contributed by atoms with E-state index in [1.165, 1.54) is 18.2 Å². The molecule has 1 fully saturated rings. The highest BCUT2D eigenvalue weighted by Gasteiger charge is 2.25. The first-order valence-corrected chi connectivity index (χ1v) is 8.97. The lowest BCUT2D eigenvalue weighted by Crippen LogP contribution is -2.34. The van der Waals surface area contributed by atoms with Crippen molar-refractivity contribution in [3.05, 3.63) is 65.7 Å². The largest absolute Gasteiger partial charge is 0.348 e.